The van der Waals surface area contributed by atoms with Gasteiger partial charge in [0.05, 0.1) is 17.9 Å². The van der Waals surface area contributed by atoms with Crippen molar-refractivity contribution in [3.05, 3.63) is 45.7 Å². The van der Waals surface area contributed by atoms with Crippen LogP contribution < -0.4 is 5.32 Å². The van der Waals surface area contributed by atoms with Crippen molar-refractivity contribution >= 4 is 17.0 Å². The lowest BCUT2D eigenvalue weighted by molar-refractivity contribution is 0.496. The first-order valence-corrected chi connectivity index (χ1v) is 6.98. The van der Waals surface area contributed by atoms with E-state index in [0.717, 1.165) is 16.8 Å². The third-order valence-electron chi connectivity index (χ3n) is 2.76. The van der Waals surface area contributed by atoms with E-state index < -0.39 is 17.5 Å². The molecule has 1 aromatic carbocycles. The van der Waals surface area contributed by atoms with Crippen LogP contribution in [0.15, 0.2) is 17.5 Å². The molecule has 108 valence electrons. The molecule has 1 heterocycles. The maximum absolute atomic E-state index is 13.4. The maximum atomic E-state index is 13.4. The van der Waals surface area contributed by atoms with Crippen molar-refractivity contribution in [1.82, 2.24) is 4.98 Å². The van der Waals surface area contributed by atoms with Crippen molar-refractivity contribution in [2.45, 2.75) is 32.7 Å². The number of nitrogens with one attached hydrogen (secondary N) is 1. The van der Waals surface area contributed by atoms with E-state index in [2.05, 4.69) is 10.3 Å². The first-order valence-electron chi connectivity index (χ1n) is 6.10. The number of hydrogen-bond donors (Lipinski definition) is 1. The molecule has 0 radical (unpaired) electrons. The zero-order valence-electron chi connectivity index (χ0n) is 11.4. The molecule has 0 unspecified atom stereocenters. The number of anilines is 1. The van der Waals surface area contributed by atoms with Gasteiger partial charge in [-0.3, -0.25) is 0 Å². The molecular weight excluding hydrogens is 285 g/mol. The Hall–Kier alpha value is -1.56. The molecular formula is C14H15F3N2S. The van der Waals surface area contributed by atoms with Crippen LogP contribution in [0.4, 0.5) is 18.9 Å². The van der Waals surface area contributed by atoms with E-state index in [1.54, 1.807) is 0 Å². The van der Waals surface area contributed by atoms with Crippen LogP contribution in [-0.2, 0) is 12.0 Å². The van der Waals surface area contributed by atoms with Gasteiger partial charge in [-0.25, -0.2) is 18.2 Å². The molecule has 1 N–H and O–H groups in total. The summed E-state index contributed by atoms with van der Waals surface area (Å²) in [5.74, 6) is -3.10. The number of rotatable bonds is 3. The molecule has 0 fully saturated rings. The Morgan fingerprint density at radius 1 is 1.10 bits per heavy atom. The highest BCUT2D eigenvalue weighted by atomic mass is 32.1. The summed E-state index contributed by atoms with van der Waals surface area (Å²) in [6, 6.07) is 1.34. The van der Waals surface area contributed by atoms with Gasteiger partial charge in [0, 0.05) is 22.9 Å². The second-order valence-corrected chi connectivity index (χ2v) is 6.42. The zero-order chi connectivity index (χ0) is 14.9. The number of hydrogen-bond acceptors (Lipinski definition) is 3. The van der Waals surface area contributed by atoms with Crippen LogP contribution in [0.5, 0.6) is 0 Å². The Kier molecular flexibility index (Phi) is 4.04. The Balaban J connectivity index is 2.09. The van der Waals surface area contributed by atoms with Crippen molar-refractivity contribution in [1.29, 1.82) is 0 Å². The van der Waals surface area contributed by atoms with Gasteiger partial charge in [0.1, 0.15) is 10.8 Å². The zero-order valence-corrected chi connectivity index (χ0v) is 12.2. The highest BCUT2D eigenvalue weighted by Gasteiger charge is 2.17. The molecule has 6 heteroatoms. The van der Waals surface area contributed by atoms with E-state index in [9.17, 15) is 13.2 Å². The van der Waals surface area contributed by atoms with Crippen molar-refractivity contribution in [3.8, 4) is 0 Å². The van der Waals surface area contributed by atoms with Gasteiger partial charge >= 0.3 is 0 Å². The Labute approximate surface area is 119 Å². The highest BCUT2D eigenvalue weighted by Crippen LogP contribution is 2.25. The van der Waals surface area contributed by atoms with Gasteiger partial charge in [-0.05, 0) is 0 Å². The largest absolute Gasteiger partial charge is 0.376 e. The lowest BCUT2D eigenvalue weighted by Crippen LogP contribution is -2.12. The molecule has 2 rings (SSSR count). The average molecular weight is 300 g/mol. The molecule has 1 aromatic heterocycles. The summed E-state index contributed by atoms with van der Waals surface area (Å²) >= 11 is 1.44. The molecule has 0 saturated heterocycles. The van der Waals surface area contributed by atoms with E-state index >= 15 is 0 Å². The molecule has 0 saturated carbocycles. The van der Waals surface area contributed by atoms with Crippen LogP contribution >= 0.6 is 11.3 Å². The third-order valence-corrected chi connectivity index (χ3v) is 3.61. The molecule has 0 bridgehead atoms. The summed E-state index contributed by atoms with van der Waals surface area (Å²) in [7, 11) is 0. The number of aromatic nitrogens is 1. The number of benzene rings is 1. The summed E-state index contributed by atoms with van der Waals surface area (Å²) in [4.78, 5) is 4.43. The van der Waals surface area contributed by atoms with Gasteiger partial charge < -0.3 is 5.32 Å². The lowest BCUT2D eigenvalue weighted by atomic mass is 9.93. The summed E-state index contributed by atoms with van der Waals surface area (Å²) in [6.45, 7) is 6.42. The van der Waals surface area contributed by atoms with Crippen LogP contribution in [0.2, 0.25) is 0 Å². The molecule has 0 amide bonds. The van der Waals surface area contributed by atoms with Crippen molar-refractivity contribution in [2.24, 2.45) is 0 Å². The van der Waals surface area contributed by atoms with Crippen molar-refractivity contribution in [3.63, 3.8) is 0 Å². The Morgan fingerprint density at radius 3 is 2.35 bits per heavy atom. The van der Waals surface area contributed by atoms with E-state index in [4.69, 9.17) is 0 Å². The summed E-state index contributed by atoms with van der Waals surface area (Å²) in [5, 5.41) is 5.43. The molecule has 0 spiro atoms. The second kappa shape index (κ2) is 5.44. The second-order valence-electron chi connectivity index (χ2n) is 5.48. The van der Waals surface area contributed by atoms with Crippen LogP contribution in [0.25, 0.3) is 0 Å². The van der Waals surface area contributed by atoms with E-state index in [0.29, 0.717) is 6.07 Å². The van der Waals surface area contributed by atoms with Crippen LogP contribution in [0.3, 0.4) is 0 Å². The fourth-order valence-corrected chi connectivity index (χ4v) is 2.53. The topological polar surface area (TPSA) is 24.9 Å². The predicted molar refractivity (Wildman–Crippen MR) is 74.5 cm³/mol. The van der Waals surface area contributed by atoms with Gasteiger partial charge in [0.25, 0.3) is 0 Å². The molecule has 20 heavy (non-hydrogen) atoms. The van der Waals surface area contributed by atoms with Gasteiger partial charge in [0.15, 0.2) is 11.6 Å². The minimum absolute atomic E-state index is 0.0536. The standard InChI is InChI=1S/C14H15F3N2S/c1-14(2,3)12-7-20-13(19-12)6-18-11-5-9(16)8(15)4-10(11)17/h4-5,7,18H,6H2,1-3H3. The van der Waals surface area contributed by atoms with Gasteiger partial charge in [-0.2, -0.15) is 0 Å². The SMILES string of the molecule is CC(C)(C)c1csc(CNc2cc(F)c(F)cc2F)n1. The quantitative estimate of drug-likeness (QED) is 0.846. The van der Waals surface area contributed by atoms with E-state index in [1.807, 2.05) is 26.2 Å². The predicted octanol–water partition coefficient (Wildman–Crippen LogP) is 4.47. The smallest absolute Gasteiger partial charge is 0.161 e. The van der Waals surface area contributed by atoms with Gasteiger partial charge in [-0.15, -0.1) is 11.3 Å². The molecule has 2 aromatic rings. The van der Waals surface area contributed by atoms with Crippen LogP contribution in [0, 0.1) is 17.5 Å². The Morgan fingerprint density at radius 2 is 1.75 bits per heavy atom. The summed E-state index contributed by atoms with van der Waals surface area (Å²) < 4.78 is 39.3. The fraction of sp³-hybridized carbons (Fsp3) is 0.357. The first-order chi connectivity index (χ1) is 9.27. The fourth-order valence-electron chi connectivity index (χ4n) is 1.57. The van der Waals surface area contributed by atoms with E-state index in [-0.39, 0.29) is 17.6 Å². The van der Waals surface area contributed by atoms with E-state index in [1.165, 1.54) is 11.3 Å². The van der Waals surface area contributed by atoms with Crippen molar-refractivity contribution < 1.29 is 13.2 Å². The summed E-state index contributed by atoms with van der Waals surface area (Å²) in [6.07, 6.45) is 0. The highest BCUT2D eigenvalue weighted by molar-refractivity contribution is 7.09. The lowest BCUT2D eigenvalue weighted by Gasteiger charge is -2.14. The molecule has 0 aliphatic carbocycles. The average Bonchev–Trinajstić information content (AvgIpc) is 2.80. The number of nitrogens with zero attached hydrogens (tertiary/aromatic N) is 1. The molecule has 2 nitrogen and oxygen atoms in total. The molecule has 0 atom stereocenters. The number of thiazole rings is 1. The number of halogens is 3. The molecule has 0 aliphatic rings. The maximum Gasteiger partial charge on any atom is 0.161 e. The third kappa shape index (κ3) is 3.30. The van der Waals surface area contributed by atoms with Gasteiger partial charge in [-0.1, -0.05) is 20.8 Å². The minimum atomic E-state index is -1.20. The van der Waals surface area contributed by atoms with Crippen LogP contribution in [-0.4, -0.2) is 4.98 Å². The normalized spacial score (nSPS) is 11.7. The van der Waals surface area contributed by atoms with Gasteiger partial charge in [0.2, 0.25) is 0 Å². The minimum Gasteiger partial charge on any atom is -0.376 e. The van der Waals surface area contributed by atoms with Crippen molar-refractivity contribution in [2.75, 3.05) is 5.32 Å². The first kappa shape index (κ1) is 14.8. The monoisotopic (exact) mass is 300 g/mol. The molecule has 0 aliphatic heterocycles. The van der Waals surface area contributed by atoms with Crippen LogP contribution in [0.1, 0.15) is 31.5 Å². The Bertz CT molecular complexity index is 617. The summed E-state index contributed by atoms with van der Waals surface area (Å²) in [5.41, 5.74) is 0.823.